The second-order valence-electron chi connectivity index (χ2n) is 4.96. The predicted molar refractivity (Wildman–Crippen MR) is 74.7 cm³/mol. The van der Waals surface area contributed by atoms with Gasteiger partial charge in [-0.05, 0) is 31.2 Å². The predicted octanol–water partition coefficient (Wildman–Crippen LogP) is 2.28. The minimum atomic E-state index is 0.356. The number of nitrogens with zero attached hydrogens (tertiary/aromatic N) is 3. The fraction of sp³-hybridized carbons (Fsp3) is 0.533. The molecule has 1 aromatic rings. The first kappa shape index (κ1) is 12.9. The molecule has 0 spiro atoms. The summed E-state index contributed by atoms with van der Waals surface area (Å²) in [5.74, 6) is 0. The van der Waals surface area contributed by atoms with E-state index in [2.05, 4.69) is 54.1 Å². The summed E-state index contributed by atoms with van der Waals surface area (Å²) in [6.07, 6.45) is 1.69. The van der Waals surface area contributed by atoms with Crippen LogP contribution in [0, 0.1) is 11.3 Å². The highest BCUT2D eigenvalue weighted by Crippen LogP contribution is 2.20. The second-order valence-corrected chi connectivity index (χ2v) is 4.96. The van der Waals surface area contributed by atoms with Crippen molar-refractivity contribution < 1.29 is 0 Å². The van der Waals surface area contributed by atoms with Crippen LogP contribution in [0.3, 0.4) is 0 Å². The summed E-state index contributed by atoms with van der Waals surface area (Å²) in [7, 11) is 2.11. The van der Waals surface area contributed by atoms with Gasteiger partial charge in [-0.15, -0.1) is 0 Å². The Labute approximate surface area is 110 Å². The molecule has 96 valence electrons. The molecule has 3 heteroatoms. The van der Waals surface area contributed by atoms with Crippen LogP contribution < -0.4 is 4.90 Å². The van der Waals surface area contributed by atoms with E-state index in [4.69, 9.17) is 5.26 Å². The van der Waals surface area contributed by atoms with E-state index >= 15 is 0 Å². The van der Waals surface area contributed by atoms with Crippen LogP contribution in [0.4, 0.5) is 5.69 Å². The van der Waals surface area contributed by atoms with Crippen LogP contribution in [-0.4, -0.2) is 37.6 Å². The zero-order chi connectivity index (χ0) is 13.0. The number of piperazine rings is 1. The van der Waals surface area contributed by atoms with Crippen molar-refractivity contribution in [3.05, 3.63) is 29.8 Å². The van der Waals surface area contributed by atoms with Crippen LogP contribution in [0.5, 0.6) is 0 Å². The summed E-state index contributed by atoms with van der Waals surface area (Å²) in [5, 5.41) is 8.87. The zero-order valence-electron chi connectivity index (χ0n) is 11.3. The van der Waals surface area contributed by atoms with Crippen molar-refractivity contribution in [1.82, 2.24) is 4.90 Å². The van der Waals surface area contributed by atoms with Crippen LogP contribution >= 0.6 is 0 Å². The van der Waals surface area contributed by atoms with Gasteiger partial charge in [0.05, 0.1) is 12.5 Å². The van der Waals surface area contributed by atoms with Gasteiger partial charge in [0.1, 0.15) is 0 Å². The molecule has 2 rings (SSSR count). The number of nitriles is 1. The molecular formula is C15H21N3. The average molecular weight is 243 g/mol. The Kier molecular flexibility index (Phi) is 4.22. The molecule has 0 aliphatic carbocycles. The molecular weight excluding hydrogens is 222 g/mol. The number of benzene rings is 1. The summed E-state index contributed by atoms with van der Waals surface area (Å²) in [6, 6.07) is 11.5. The third-order valence-electron chi connectivity index (χ3n) is 3.81. The topological polar surface area (TPSA) is 30.3 Å². The van der Waals surface area contributed by atoms with E-state index in [1.165, 1.54) is 11.3 Å². The van der Waals surface area contributed by atoms with Crippen molar-refractivity contribution in [1.29, 1.82) is 5.26 Å². The molecule has 0 amide bonds. The molecule has 1 fully saturated rings. The summed E-state index contributed by atoms with van der Waals surface area (Å²) in [5.41, 5.74) is 2.66. The minimum Gasteiger partial charge on any atom is -0.369 e. The molecule has 18 heavy (non-hydrogen) atoms. The molecule has 0 N–H and O–H groups in total. The third-order valence-corrected chi connectivity index (χ3v) is 3.81. The number of rotatable bonds is 3. The molecule has 0 bridgehead atoms. The fourth-order valence-corrected chi connectivity index (χ4v) is 2.45. The van der Waals surface area contributed by atoms with Crippen molar-refractivity contribution in [2.75, 3.05) is 31.6 Å². The van der Waals surface area contributed by atoms with E-state index < -0.39 is 0 Å². The normalized spacial score (nSPS) is 20.7. The molecule has 0 radical (unpaired) electrons. The van der Waals surface area contributed by atoms with Gasteiger partial charge in [-0.25, -0.2) is 0 Å². The summed E-state index contributed by atoms with van der Waals surface area (Å²) in [4.78, 5) is 4.68. The van der Waals surface area contributed by atoms with E-state index in [0.29, 0.717) is 12.5 Å². The number of aryl methyl sites for hydroxylation is 1. The molecule has 1 unspecified atom stereocenters. The van der Waals surface area contributed by atoms with Crippen LogP contribution in [0.2, 0.25) is 0 Å². The Morgan fingerprint density at radius 3 is 2.61 bits per heavy atom. The molecule has 1 saturated heterocycles. The van der Waals surface area contributed by atoms with Gasteiger partial charge in [-0.1, -0.05) is 19.1 Å². The smallest absolute Gasteiger partial charge is 0.0638 e. The molecule has 1 heterocycles. The Hall–Kier alpha value is -1.53. The first-order valence-electron chi connectivity index (χ1n) is 6.65. The number of hydrogen-bond donors (Lipinski definition) is 0. The van der Waals surface area contributed by atoms with E-state index in [9.17, 15) is 0 Å². The maximum Gasteiger partial charge on any atom is 0.0638 e. The van der Waals surface area contributed by atoms with E-state index in [1.807, 2.05) is 0 Å². The van der Waals surface area contributed by atoms with Gasteiger partial charge in [0.15, 0.2) is 0 Å². The molecule has 1 aliphatic rings. The van der Waals surface area contributed by atoms with Crippen molar-refractivity contribution in [3.63, 3.8) is 0 Å². The zero-order valence-corrected chi connectivity index (χ0v) is 11.3. The first-order valence-corrected chi connectivity index (χ1v) is 6.65. The van der Waals surface area contributed by atoms with Gasteiger partial charge in [0, 0.05) is 31.4 Å². The molecule has 1 aromatic carbocycles. The van der Waals surface area contributed by atoms with Crippen LogP contribution in [0.15, 0.2) is 24.3 Å². The lowest BCUT2D eigenvalue weighted by Gasteiger charge is -2.39. The Balaban J connectivity index is 2.06. The van der Waals surface area contributed by atoms with Crippen LogP contribution in [0.1, 0.15) is 18.9 Å². The lowest BCUT2D eigenvalue weighted by molar-refractivity contribution is 0.221. The highest BCUT2D eigenvalue weighted by atomic mass is 15.3. The van der Waals surface area contributed by atoms with Gasteiger partial charge in [0.2, 0.25) is 0 Å². The van der Waals surface area contributed by atoms with Crippen molar-refractivity contribution >= 4 is 5.69 Å². The lowest BCUT2D eigenvalue weighted by atomic mass is 10.1. The standard InChI is InChI=1S/C15H21N3/c1-3-13-4-6-14(7-5-13)18-11-10-17(2)15(12-18)8-9-16/h4-7,15H,3,8,10-12H2,1-2H3. The van der Waals surface area contributed by atoms with E-state index in [0.717, 1.165) is 26.1 Å². The first-order chi connectivity index (χ1) is 8.74. The Morgan fingerprint density at radius 2 is 2.00 bits per heavy atom. The SMILES string of the molecule is CCc1ccc(N2CCN(C)C(CC#N)C2)cc1. The monoisotopic (exact) mass is 243 g/mol. The maximum atomic E-state index is 8.87. The van der Waals surface area contributed by atoms with Crippen LogP contribution in [-0.2, 0) is 6.42 Å². The Morgan fingerprint density at radius 1 is 1.28 bits per heavy atom. The minimum absolute atomic E-state index is 0.356. The molecule has 3 nitrogen and oxygen atoms in total. The molecule has 1 atom stereocenters. The Bertz CT molecular complexity index is 418. The van der Waals surface area contributed by atoms with E-state index in [1.54, 1.807) is 0 Å². The summed E-state index contributed by atoms with van der Waals surface area (Å²) >= 11 is 0. The maximum absolute atomic E-state index is 8.87. The second kappa shape index (κ2) is 5.88. The van der Waals surface area contributed by atoms with Crippen LogP contribution in [0.25, 0.3) is 0 Å². The fourth-order valence-electron chi connectivity index (χ4n) is 2.45. The quantitative estimate of drug-likeness (QED) is 0.816. The highest BCUT2D eigenvalue weighted by molar-refractivity contribution is 5.48. The molecule has 0 aromatic heterocycles. The molecule has 0 saturated carbocycles. The average Bonchev–Trinajstić information content (AvgIpc) is 2.42. The third kappa shape index (κ3) is 2.83. The van der Waals surface area contributed by atoms with Crippen molar-refractivity contribution in [3.8, 4) is 6.07 Å². The molecule has 1 aliphatic heterocycles. The summed E-state index contributed by atoms with van der Waals surface area (Å²) < 4.78 is 0. The lowest BCUT2D eigenvalue weighted by Crippen LogP contribution is -2.51. The van der Waals surface area contributed by atoms with Gasteiger partial charge in [0.25, 0.3) is 0 Å². The van der Waals surface area contributed by atoms with Gasteiger partial charge < -0.3 is 4.90 Å². The summed E-state index contributed by atoms with van der Waals surface area (Å²) in [6.45, 7) is 5.20. The van der Waals surface area contributed by atoms with Crippen molar-refractivity contribution in [2.45, 2.75) is 25.8 Å². The number of likely N-dealkylation sites (N-methyl/N-ethyl adjacent to an activating group) is 1. The van der Waals surface area contributed by atoms with Gasteiger partial charge in [-0.3, -0.25) is 4.90 Å². The largest absolute Gasteiger partial charge is 0.369 e. The van der Waals surface area contributed by atoms with Crippen molar-refractivity contribution in [2.24, 2.45) is 0 Å². The van der Waals surface area contributed by atoms with E-state index in [-0.39, 0.29) is 0 Å². The van der Waals surface area contributed by atoms with Gasteiger partial charge in [-0.2, -0.15) is 5.26 Å². The van der Waals surface area contributed by atoms with Gasteiger partial charge >= 0.3 is 0 Å². The number of anilines is 1. The highest BCUT2D eigenvalue weighted by Gasteiger charge is 2.23. The number of hydrogen-bond acceptors (Lipinski definition) is 3.